The third kappa shape index (κ3) is 3.92. The third-order valence-electron chi connectivity index (χ3n) is 5.69. The highest BCUT2D eigenvalue weighted by molar-refractivity contribution is 5.76. The molecule has 2 aliphatic heterocycles. The van der Waals surface area contributed by atoms with Gasteiger partial charge in [0.15, 0.2) is 0 Å². The van der Waals surface area contributed by atoms with Gasteiger partial charge in [-0.2, -0.15) is 5.10 Å². The number of hydrogen-bond acceptors (Lipinski definition) is 4. The number of carbonyl (C=O) groups excluding carboxylic acids is 1. The number of nitrogens with zero attached hydrogens (tertiary/aromatic N) is 4. The van der Waals surface area contributed by atoms with Gasteiger partial charge in [-0.1, -0.05) is 30.3 Å². The van der Waals surface area contributed by atoms with E-state index >= 15 is 0 Å². The van der Waals surface area contributed by atoms with Gasteiger partial charge in [-0.15, -0.1) is 0 Å². The second-order valence-electron chi connectivity index (χ2n) is 7.60. The molecule has 2 fully saturated rings. The second-order valence-corrected chi connectivity index (χ2v) is 7.60. The Morgan fingerprint density at radius 1 is 1.19 bits per heavy atom. The molecule has 4 rings (SSSR count). The first-order valence-electron chi connectivity index (χ1n) is 9.79. The van der Waals surface area contributed by atoms with Crippen LogP contribution >= 0.6 is 0 Å². The predicted octanol–water partition coefficient (Wildman–Crippen LogP) is 2.17. The quantitative estimate of drug-likeness (QED) is 0.830. The maximum Gasteiger partial charge on any atom is 0.224 e. The maximum atomic E-state index is 12.7. The Bertz CT molecular complexity index is 789. The lowest BCUT2D eigenvalue weighted by molar-refractivity contribution is -0.140. The average molecular weight is 368 g/mol. The van der Waals surface area contributed by atoms with Crippen molar-refractivity contribution in [2.45, 2.75) is 38.9 Å². The Hall–Kier alpha value is -2.18. The Labute approximate surface area is 160 Å². The molecular formula is C21H28N4O2. The van der Waals surface area contributed by atoms with Gasteiger partial charge in [0.1, 0.15) is 0 Å². The van der Waals surface area contributed by atoms with Gasteiger partial charge in [-0.3, -0.25) is 14.4 Å². The van der Waals surface area contributed by atoms with Crippen LogP contribution in [0.1, 0.15) is 29.4 Å². The molecule has 6 heteroatoms. The van der Waals surface area contributed by atoms with E-state index in [0.29, 0.717) is 19.6 Å². The van der Waals surface area contributed by atoms with Gasteiger partial charge in [0.2, 0.25) is 5.91 Å². The van der Waals surface area contributed by atoms with Gasteiger partial charge in [0, 0.05) is 38.3 Å². The summed E-state index contributed by atoms with van der Waals surface area (Å²) in [6.07, 6.45) is 0.498. The molecule has 1 aromatic heterocycles. The summed E-state index contributed by atoms with van der Waals surface area (Å²) in [6.45, 7) is 8.53. The molecule has 0 aliphatic carbocycles. The average Bonchev–Trinajstić information content (AvgIpc) is 3.03. The van der Waals surface area contributed by atoms with Crippen molar-refractivity contribution < 1.29 is 9.53 Å². The molecule has 1 amide bonds. The van der Waals surface area contributed by atoms with Crippen LogP contribution in [0.25, 0.3) is 0 Å². The Morgan fingerprint density at radius 2 is 2.00 bits per heavy atom. The maximum absolute atomic E-state index is 12.7. The van der Waals surface area contributed by atoms with E-state index in [0.717, 1.165) is 37.6 Å². The fourth-order valence-electron chi connectivity index (χ4n) is 4.29. The van der Waals surface area contributed by atoms with E-state index < -0.39 is 0 Å². The molecule has 0 unspecified atom stereocenters. The fourth-order valence-corrected chi connectivity index (χ4v) is 4.29. The minimum Gasteiger partial charge on any atom is -0.378 e. The number of benzene rings is 1. The monoisotopic (exact) mass is 368 g/mol. The minimum absolute atomic E-state index is 0.212. The first-order chi connectivity index (χ1) is 13.1. The Kier molecular flexibility index (Phi) is 5.27. The first kappa shape index (κ1) is 18.2. The second kappa shape index (κ2) is 7.82. The van der Waals surface area contributed by atoms with Crippen molar-refractivity contribution in [2.75, 3.05) is 32.8 Å². The largest absolute Gasteiger partial charge is 0.378 e. The normalized spacial score (nSPS) is 23.3. The smallest absolute Gasteiger partial charge is 0.224 e. The summed E-state index contributed by atoms with van der Waals surface area (Å²) in [7, 11) is 0. The van der Waals surface area contributed by atoms with E-state index in [2.05, 4.69) is 34.3 Å². The molecule has 2 atom stereocenters. The fraction of sp³-hybridized carbons (Fsp3) is 0.524. The van der Waals surface area contributed by atoms with Crippen LogP contribution < -0.4 is 0 Å². The first-order valence-corrected chi connectivity index (χ1v) is 9.79. The molecule has 0 bridgehead atoms. The molecule has 2 aromatic rings. The van der Waals surface area contributed by atoms with Gasteiger partial charge in [-0.25, -0.2) is 0 Å². The van der Waals surface area contributed by atoms with Gasteiger partial charge in [-0.05, 0) is 25.5 Å². The van der Waals surface area contributed by atoms with E-state index in [4.69, 9.17) is 4.74 Å². The van der Waals surface area contributed by atoms with Gasteiger partial charge >= 0.3 is 0 Å². The third-order valence-corrected chi connectivity index (χ3v) is 5.69. The van der Waals surface area contributed by atoms with Crippen LogP contribution in [0.3, 0.4) is 0 Å². The van der Waals surface area contributed by atoms with Crippen molar-refractivity contribution in [3.8, 4) is 0 Å². The zero-order valence-corrected chi connectivity index (χ0v) is 16.2. The zero-order chi connectivity index (χ0) is 18.8. The van der Waals surface area contributed by atoms with Crippen molar-refractivity contribution in [3.63, 3.8) is 0 Å². The number of piperazine rings is 1. The number of ether oxygens (including phenoxy) is 1. The Morgan fingerprint density at radius 3 is 2.74 bits per heavy atom. The summed E-state index contributed by atoms with van der Waals surface area (Å²) >= 11 is 0. The van der Waals surface area contributed by atoms with Crippen LogP contribution in [0.2, 0.25) is 0 Å². The topological polar surface area (TPSA) is 50.6 Å². The molecule has 0 N–H and O–H groups in total. The van der Waals surface area contributed by atoms with E-state index in [9.17, 15) is 4.79 Å². The minimum atomic E-state index is 0.212. The summed E-state index contributed by atoms with van der Waals surface area (Å²) in [6, 6.07) is 13.2. The number of amides is 1. The molecule has 1 aromatic carbocycles. The Balaban J connectivity index is 1.36. The standard InChI is InChI=1S/C21H28N4O2/c1-16-12-17(2)25(22-16)9-8-21(26)23-10-11-24-19(13-23)14-27-15-20(24)18-6-4-3-5-7-18/h3-7,12,19-20H,8-11,13-15H2,1-2H3/t19-,20-/m1/s1. The highest BCUT2D eigenvalue weighted by Crippen LogP contribution is 2.29. The molecule has 3 heterocycles. The number of rotatable bonds is 4. The van der Waals surface area contributed by atoms with Gasteiger partial charge < -0.3 is 9.64 Å². The number of carbonyl (C=O) groups is 1. The van der Waals surface area contributed by atoms with Crippen molar-refractivity contribution in [1.29, 1.82) is 0 Å². The van der Waals surface area contributed by atoms with Gasteiger partial charge in [0.25, 0.3) is 0 Å². The summed E-state index contributed by atoms with van der Waals surface area (Å²) in [4.78, 5) is 17.3. The summed E-state index contributed by atoms with van der Waals surface area (Å²) in [5, 5.41) is 4.45. The van der Waals surface area contributed by atoms with E-state index in [1.165, 1.54) is 5.56 Å². The lowest BCUT2D eigenvalue weighted by Crippen LogP contribution is -2.60. The van der Waals surface area contributed by atoms with Crippen LogP contribution in [0, 0.1) is 13.8 Å². The van der Waals surface area contributed by atoms with E-state index in [1.807, 2.05) is 35.6 Å². The van der Waals surface area contributed by atoms with Crippen LogP contribution in [-0.4, -0.2) is 64.4 Å². The lowest BCUT2D eigenvalue weighted by atomic mass is 10.00. The van der Waals surface area contributed by atoms with E-state index in [1.54, 1.807) is 0 Å². The van der Waals surface area contributed by atoms with Crippen molar-refractivity contribution in [2.24, 2.45) is 0 Å². The molecule has 0 spiro atoms. The SMILES string of the molecule is Cc1cc(C)n(CCC(=O)N2CCN3[C@@H](COC[C@@H]3c3ccccc3)C2)n1. The molecule has 144 valence electrons. The number of hydrogen-bond donors (Lipinski definition) is 0. The van der Waals surface area contributed by atoms with Crippen LogP contribution in [0.15, 0.2) is 36.4 Å². The van der Waals surface area contributed by atoms with Gasteiger partial charge in [0.05, 0.1) is 31.0 Å². The number of aromatic nitrogens is 2. The molecular weight excluding hydrogens is 340 g/mol. The highest BCUT2D eigenvalue weighted by atomic mass is 16.5. The molecule has 0 radical (unpaired) electrons. The molecule has 0 saturated carbocycles. The number of morpholine rings is 1. The van der Waals surface area contributed by atoms with E-state index in [-0.39, 0.29) is 18.0 Å². The summed E-state index contributed by atoms with van der Waals surface area (Å²) < 4.78 is 7.82. The van der Waals surface area contributed by atoms with Crippen molar-refractivity contribution in [1.82, 2.24) is 19.6 Å². The molecule has 6 nitrogen and oxygen atoms in total. The zero-order valence-electron chi connectivity index (χ0n) is 16.2. The van der Waals surface area contributed by atoms with Crippen molar-refractivity contribution >= 4 is 5.91 Å². The number of fused-ring (bicyclic) bond motifs is 1. The van der Waals surface area contributed by atoms with Crippen LogP contribution in [-0.2, 0) is 16.1 Å². The lowest BCUT2D eigenvalue weighted by Gasteiger charge is -2.48. The highest BCUT2D eigenvalue weighted by Gasteiger charge is 2.37. The predicted molar refractivity (Wildman–Crippen MR) is 103 cm³/mol. The van der Waals surface area contributed by atoms with Crippen LogP contribution in [0.4, 0.5) is 0 Å². The summed E-state index contributed by atoms with van der Waals surface area (Å²) in [5.41, 5.74) is 3.41. The molecule has 2 aliphatic rings. The molecule has 27 heavy (non-hydrogen) atoms. The molecule has 2 saturated heterocycles. The number of aryl methyl sites for hydroxylation is 3. The van der Waals surface area contributed by atoms with Crippen molar-refractivity contribution in [3.05, 3.63) is 53.3 Å². The van der Waals surface area contributed by atoms with Crippen LogP contribution in [0.5, 0.6) is 0 Å². The summed E-state index contributed by atoms with van der Waals surface area (Å²) in [5.74, 6) is 0.212.